The van der Waals surface area contributed by atoms with Gasteiger partial charge in [-0.3, -0.25) is 9.10 Å². The van der Waals surface area contributed by atoms with E-state index >= 15 is 0 Å². The molecule has 3 rings (SSSR count). The average molecular weight is 371 g/mol. The Labute approximate surface area is 143 Å². The third-order valence-electron chi connectivity index (χ3n) is 3.40. The Bertz CT molecular complexity index is 884. The van der Waals surface area contributed by atoms with Gasteiger partial charge in [0.1, 0.15) is 6.54 Å². The minimum absolute atomic E-state index is 0.249. The smallest absolute Gasteiger partial charge is 0.245 e. The Morgan fingerprint density at radius 1 is 1.09 bits per heavy atom. The number of sulfonamides is 1. The van der Waals surface area contributed by atoms with E-state index in [1.807, 2.05) is 0 Å². The van der Waals surface area contributed by atoms with Crippen molar-refractivity contribution < 1.29 is 13.2 Å². The molecular weight excluding hydrogens is 359 g/mol. The van der Waals surface area contributed by atoms with Crippen LogP contribution in [-0.4, -0.2) is 20.9 Å². The predicted octanol–water partition coefficient (Wildman–Crippen LogP) is 3.28. The van der Waals surface area contributed by atoms with Crippen molar-refractivity contribution in [3.05, 3.63) is 58.1 Å². The van der Waals surface area contributed by atoms with Crippen molar-refractivity contribution >= 4 is 50.5 Å². The number of hydrogen-bond acceptors (Lipinski definition) is 3. The van der Waals surface area contributed by atoms with Crippen LogP contribution in [0.5, 0.6) is 0 Å². The molecule has 0 radical (unpaired) electrons. The number of para-hydroxylation sites is 2. The number of anilines is 2. The standard InChI is InChI=1S/C15H12Cl2N2O3S/c16-11-6-5-10(7-12(11)17)9-23(21,22)19-8-15(20)18-13-3-1-2-4-14(13)19/h1-7H,8-9H2,(H,18,20). The van der Waals surface area contributed by atoms with Crippen LogP contribution in [0.3, 0.4) is 0 Å². The number of carbonyl (C=O) groups excluding carboxylic acids is 1. The van der Waals surface area contributed by atoms with E-state index in [1.165, 1.54) is 6.07 Å². The van der Waals surface area contributed by atoms with Crippen LogP contribution in [0.2, 0.25) is 10.0 Å². The lowest BCUT2D eigenvalue weighted by molar-refractivity contribution is -0.115. The van der Waals surface area contributed by atoms with Crippen LogP contribution in [0.25, 0.3) is 0 Å². The molecule has 0 spiro atoms. The Morgan fingerprint density at radius 3 is 2.57 bits per heavy atom. The van der Waals surface area contributed by atoms with Gasteiger partial charge in [0.05, 0.1) is 27.2 Å². The van der Waals surface area contributed by atoms with Crippen molar-refractivity contribution in [1.82, 2.24) is 0 Å². The summed E-state index contributed by atoms with van der Waals surface area (Å²) in [5, 5.41) is 3.30. The average Bonchev–Trinajstić information content (AvgIpc) is 2.50. The van der Waals surface area contributed by atoms with Crippen LogP contribution >= 0.6 is 23.2 Å². The largest absolute Gasteiger partial charge is 0.323 e. The van der Waals surface area contributed by atoms with Gasteiger partial charge < -0.3 is 5.32 Å². The normalized spacial score (nSPS) is 14.3. The highest BCUT2D eigenvalue weighted by Crippen LogP contribution is 2.32. The molecule has 0 saturated carbocycles. The van der Waals surface area contributed by atoms with Crippen molar-refractivity contribution in [2.75, 3.05) is 16.2 Å². The van der Waals surface area contributed by atoms with Gasteiger partial charge in [0, 0.05) is 0 Å². The number of nitrogens with one attached hydrogen (secondary N) is 1. The van der Waals surface area contributed by atoms with Crippen LogP contribution in [-0.2, 0) is 20.6 Å². The topological polar surface area (TPSA) is 66.5 Å². The molecular formula is C15H12Cl2N2O3S. The number of amides is 1. The quantitative estimate of drug-likeness (QED) is 0.901. The van der Waals surface area contributed by atoms with Gasteiger partial charge in [0.15, 0.2) is 0 Å². The monoisotopic (exact) mass is 370 g/mol. The van der Waals surface area contributed by atoms with E-state index in [0.29, 0.717) is 22.0 Å². The third-order valence-corrected chi connectivity index (χ3v) is 5.84. The third kappa shape index (κ3) is 3.29. The first-order chi connectivity index (χ1) is 10.9. The summed E-state index contributed by atoms with van der Waals surface area (Å²) in [6.07, 6.45) is 0. The molecule has 0 unspecified atom stereocenters. The number of fused-ring (bicyclic) bond motifs is 1. The second-order valence-electron chi connectivity index (χ2n) is 5.08. The van der Waals surface area contributed by atoms with Crippen LogP contribution < -0.4 is 9.62 Å². The van der Waals surface area contributed by atoms with E-state index < -0.39 is 10.0 Å². The summed E-state index contributed by atoms with van der Waals surface area (Å²) in [6, 6.07) is 11.4. The molecule has 0 aromatic heterocycles. The number of benzene rings is 2. The molecule has 0 fully saturated rings. The second kappa shape index (κ2) is 6.03. The first kappa shape index (κ1) is 16.1. The second-order valence-corrected chi connectivity index (χ2v) is 7.78. The first-order valence-electron chi connectivity index (χ1n) is 6.70. The maximum atomic E-state index is 12.7. The number of nitrogens with zero attached hydrogens (tertiary/aromatic N) is 1. The van der Waals surface area contributed by atoms with Crippen molar-refractivity contribution in [2.24, 2.45) is 0 Å². The Kier molecular flexibility index (Phi) is 4.23. The molecule has 2 aromatic carbocycles. The fraction of sp³-hybridized carbons (Fsp3) is 0.133. The summed E-state index contributed by atoms with van der Waals surface area (Å²) < 4.78 is 26.6. The predicted molar refractivity (Wildman–Crippen MR) is 91.5 cm³/mol. The van der Waals surface area contributed by atoms with E-state index in [9.17, 15) is 13.2 Å². The van der Waals surface area contributed by atoms with E-state index in [0.717, 1.165) is 4.31 Å². The lowest BCUT2D eigenvalue weighted by Crippen LogP contribution is -2.42. The Balaban J connectivity index is 1.96. The maximum absolute atomic E-state index is 12.7. The van der Waals surface area contributed by atoms with Crippen LogP contribution in [0.1, 0.15) is 5.56 Å². The summed E-state index contributed by atoms with van der Waals surface area (Å²) in [4.78, 5) is 11.8. The lowest BCUT2D eigenvalue weighted by Gasteiger charge is -2.30. The van der Waals surface area contributed by atoms with Gasteiger partial charge in [-0.2, -0.15) is 0 Å². The van der Waals surface area contributed by atoms with Gasteiger partial charge in [-0.05, 0) is 29.8 Å². The van der Waals surface area contributed by atoms with Crippen LogP contribution in [0.4, 0.5) is 11.4 Å². The summed E-state index contributed by atoms with van der Waals surface area (Å²) in [6.45, 7) is -0.249. The van der Waals surface area contributed by atoms with E-state index in [1.54, 1.807) is 36.4 Å². The fourth-order valence-electron chi connectivity index (χ4n) is 2.37. The summed E-state index contributed by atoms with van der Waals surface area (Å²) >= 11 is 11.8. The zero-order chi connectivity index (χ0) is 16.6. The molecule has 23 heavy (non-hydrogen) atoms. The summed E-state index contributed by atoms with van der Waals surface area (Å²) in [5.41, 5.74) is 1.43. The van der Waals surface area contributed by atoms with Gasteiger partial charge in [0.25, 0.3) is 0 Å². The zero-order valence-corrected chi connectivity index (χ0v) is 14.1. The number of hydrogen-bond donors (Lipinski definition) is 1. The van der Waals surface area contributed by atoms with Gasteiger partial charge in [-0.1, -0.05) is 41.4 Å². The van der Waals surface area contributed by atoms with Gasteiger partial charge >= 0.3 is 0 Å². The highest BCUT2D eigenvalue weighted by atomic mass is 35.5. The molecule has 120 valence electrons. The highest BCUT2D eigenvalue weighted by Gasteiger charge is 2.31. The van der Waals surface area contributed by atoms with Gasteiger partial charge in [-0.25, -0.2) is 8.42 Å². The number of halogens is 2. The molecule has 0 bridgehead atoms. The molecule has 0 saturated heterocycles. The van der Waals surface area contributed by atoms with Gasteiger partial charge in [-0.15, -0.1) is 0 Å². The molecule has 1 aliphatic heterocycles. The fourth-order valence-corrected chi connectivity index (χ4v) is 4.22. The molecule has 5 nitrogen and oxygen atoms in total. The Hall–Kier alpha value is -1.76. The zero-order valence-electron chi connectivity index (χ0n) is 11.8. The SMILES string of the molecule is O=C1CN(S(=O)(=O)Cc2ccc(Cl)c(Cl)c2)c2ccccc2N1. The molecule has 8 heteroatoms. The van der Waals surface area contributed by atoms with E-state index in [4.69, 9.17) is 23.2 Å². The molecule has 1 N–H and O–H groups in total. The molecule has 0 atom stereocenters. The van der Waals surface area contributed by atoms with Crippen molar-refractivity contribution in [1.29, 1.82) is 0 Å². The summed E-state index contributed by atoms with van der Waals surface area (Å²) in [7, 11) is -3.74. The number of carbonyl (C=O) groups is 1. The van der Waals surface area contributed by atoms with Crippen molar-refractivity contribution in [3.63, 3.8) is 0 Å². The van der Waals surface area contributed by atoms with E-state index in [-0.39, 0.29) is 23.2 Å². The number of rotatable bonds is 3. The maximum Gasteiger partial charge on any atom is 0.245 e. The van der Waals surface area contributed by atoms with Crippen LogP contribution in [0, 0.1) is 0 Å². The Morgan fingerprint density at radius 2 is 1.83 bits per heavy atom. The minimum Gasteiger partial charge on any atom is -0.323 e. The van der Waals surface area contributed by atoms with Gasteiger partial charge in [0.2, 0.25) is 15.9 Å². The minimum atomic E-state index is -3.74. The van der Waals surface area contributed by atoms with E-state index in [2.05, 4.69) is 5.32 Å². The molecule has 1 heterocycles. The molecule has 0 aliphatic carbocycles. The summed E-state index contributed by atoms with van der Waals surface area (Å²) in [5.74, 6) is -0.646. The molecule has 1 aliphatic rings. The molecule has 1 amide bonds. The lowest BCUT2D eigenvalue weighted by atomic mass is 10.2. The van der Waals surface area contributed by atoms with Crippen molar-refractivity contribution in [3.8, 4) is 0 Å². The van der Waals surface area contributed by atoms with Crippen LogP contribution in [0.15, 0.2) is 42.5 Å². The molecule has 2 aromatic rings. The first-order valence-corrected chi connectivity index (χ1v) is 9.06. The van der Waals surface area contributed by atoms with Crippen molar-refractivity contribution in [2.45, 2.75) is 5.75 Å². The highest BCUT2D eigenvalue weighted by molar-refractivity contribution is 7.92.